The van der Waals surface area contributed by atoms with E-state index in [0.717, 1.165) is 11.3 Å². The number of benzene rings is 1. The Kier molecular flexibility index (Phi) is 8.11. The summed E-state index contributed by atoms with van der Waals surface area (Å²) >= 11 is 6.23. The van der Waals surface area contributed by atoms with Gasteiger partial charge in [-0.1, -0.05) is 0 Å². The average molecular weight is 504 g/mol. The molecule has 3 rings (SSSR count). The van der Waals surface area contributed by atoms with E-state index in [9.17, 15) is 25.0 Å². The normalized spacial score (nSPS) is 13.0. The maximum atomic E-state index is 13.0. The zero-order valence-corrected chi connectivity index (χ0v) is 20.0. The van der Waals surface area contributed by atoms with Gasteiger partial charge in [0, 0.05) is 25.2 Å². The van der Waals surface area contributed by atoms with Crippen LogP contribution in [-0.4, -0.2) is 54.8 Å². The molecule has 2 aromatic rings. The van der Waals surface area contributed by atoms with Gasteiger partial charge in [-0.3, -0.25) is 20.2 Å². The number of hydrogen-bond acceptors (Lipinski definition) is 10. The van der Waals surface area contributed by atoms with Crippen LogP contribution in [0.25, 0.3) is 0 Å². The number of amides is 1. The number of ether oxygens (including phenoxy) is 2. The van der Waals surface area contributed by atoms with Crippen LogP contribution in [0.15, 0.2) is 18.2 Å². The van der Waals surface area contributed by atoms with Crippen molar-refractivity contribution in [1.82, 2.24) is 5.32 Å². The molecule has 1 aliphatic rings. The topological polar surface area (TPSA) is 147 Å². The summed E-state index contributed by atoms with van der Waals surface area (Å²) in [6.45, 7) is 5.46. The molecular weight excluding hydrogens is 482 g/mol. The van der Waals surface area contributed by atoms with Crippen molar-refractivity contribution in [3.8, 4) is 6.07 Å². The molecule has 1 aromatic carbocycles. The van der Waals surface area contributed by atoms with Crippen LogP contribution in [0.5, 0.6) is 0 Å². The number of esters is 1. The second kappa shape index (κ2) is 11.0. The number of hydrogen-bond donors (Lipinski definition) is 2. The fourth-order valence-electron chi connectivity index (χ4n) is 3.33. The molecule has 13 heteroatoms. The third kappa shape index (κ3) is 5.48. The number of nitrogens with one attached hydrogen (secondary N) is 2. The maximum Gasteiger partial charge on any atom is 0.348 e. The molecule has 0 aliphatic carbocycles. The lowest BCUT2D eigenvalue weighted by atomic mass is 10.1. The van der Waals surface area contributed by atoms with Gasteiger partial charge in [0.2, 0.25) is 0 Å². The van der Waals surface area contributed by atoms with Crippen molar-refractivity contribution in [2.24, 2.45) is 0 Å². The first-order chi connectivity index (χ1) is 16.3. The molecular formula is C21H21N5O6S2. The van der Waals surface area contributed by atoms with Crippen LogP contribution >= 0.6 is 23.6 Å². The second-order valence-electron chi connectivity index (χ2n) is 7.06. The van der Waals surface area contributed by atoms with Gasteiger partial charge in [0.1, 0.15) is 15.9 Å². The second-order valence-corrected chi connectivity index (χ2v) is 8.49. The first-order valence-electron chi connectivity index (χ1n) is 10.2. The van der Waals surface area contributed by atoms with Crippen LogP contribution in [0, 0.1) is 28.4 Å². The number of morpholine rings is 1. The summed E-state index contributed by atoms with van der Waals surface area (Å²) in [5, 5.41) is 26.2. The number of rotatable bonds is 6. The summed E-state index contributed by atoms with van der Waals surface area (Å²) in [7, 11) is 0. The Morgan fingerprint density at radius 3 is 2.71 bits per heavy atom. The molecule has 178 valence electrons. The summed E-state index contributed by atoms with van der Waals surface area (Å²) in [4.78, 5) is 38.0. The number of carbonyl (C=O) groups excluding carboxylic acids is 2. The fourth-order valence-corrected chi connectivity index (χ4v) is 4.65. The molecule has 1 fully saturated rings. The van der Waals surface area contributed by atoms with Gasteiger partial charge in [-0.15, -0.1) is 11.3 Å². The number of nitrogens with zero attached hydrogens (tertiary/aromatic N) is 3. The van der Waals surface area contributed by atoms with Gasteiger partial charge < -0.3 is 19.7 Å². The molecule has 11 nitrogen and oxygen atoms in total. The van der Waals surface area contributed by atoms with Crippen LogP contribution in [-0.2, 0) is 9.47 Å². The Labute approximate surface area is 204 Å². The Morgan fingerprint density at radius 1 is 1.38 bits per heavy atom. The van der Waals surface area contributed by atoms with Gasteiger partial charge in [0.15, 0.2) is 5.11 Å². The highest BCUT2D eigenvalue weighted by atomic mass is 32.1. The molecule has 34 heavy (non-hydrogen) atoms. The van der Waals surface area contributed by atoms with Gasteiger partial charge >= 0.3 is 5.97 Å². The third-order valence-corrected chi connectivity index (χ3v) is 6.35. The zero-order valence-electron chi connectivity index (χ0n) is 18.4. The number of nitro benzene ring substituents is 1. The number of non-ortho nitro benzene ring substituents is 1. The minimum Gasteiger partial charge on any atom is -0.462 e. The van der Waals surface area contributed by atoms with E-state index < -0.39 is 16.8 Å². The smallest absolute Gasteiger partial charge is 0.348 e. The van der Waals surface area contributed by atoms with Gasteiger partial charge in [-0.05, 0) is 37.7 Å². The first kappa shape index (κ1) is 25.0. The predicted molar refractivity (Wildman–Crippen MR) is 130 cm³/mol. The molecule has 0 unspecified atom stereocenters. The van der Waals surface area contributed by atoms with E-state index in [2.05, 4.69) is 10.6 Å². The van der Waals surface area contributed by atoms with Crippen molar-refractivity contribution in [1.29, 1.82) is 5.26 Å². The maximum absolute atomic E-state index is 13.0. The summed E-state index contributed by atoms with van der Waals surface area (Å²) in [6, 6.07) is 6.07. The standard InChI is InChI=1S/C21H21N5O6S2/c1-3-32-20(28)17-12(2)15(11-22)19(34-17)24-21(33)23-18(27)14-10-13(26(29)30)4-5-16(14)25-6-8-31-9-7-25/h4-5,10H,3,6-9H2,1-2H3,(H2,23,24,27,33). The van der Waals surface area contributed by atoms with Crippen molar-refractivity contribution in [2.75, 3.05) is 43.1 Å². The van der Waals surface area contributed by atoms with Gasteiger partial charge in [-0.2, -0.15) is 5.26 Å². The quantitative estimate of drug-likeness (QED) is 0.261. The molecule has 1 saturated heterocycles. The van der Waals surface area contributed by atoms with Crippen LogP contribution < -0.4 is 15.5 Å². The highest BCUT2D eigenvalue weighted by Gasteiger charge is 2.24. The zero-order chi connectivity index (χ0) is 24.8. The lowest BCUT2D eigenvalue weighted by Gasteiger charge is -2.30. The number of nitro groups is 1. The molecule has 0 saturated carbocycles. The number of thiocarbonyl (C=S) groups is 1. The molecule has 0 radical (unpaired) electrons. The Bertz CT molecular complexity index is 1180. The highest BCUT2D eigenvalue weighted by molar-refractivity contribution is 7.80. The number of carbonyl (C=O) groups is 2. The van der Waals surface area contributed by atoms with Crippen molar-refractivity contribution in [3.05, 3.63) is 49.9 Å². The van der Waals surface area contributed by atoms with E-state index >= 15 is 0 Å². The van der Waals surface area contributed by atoms with Crippen molar-refractivity contribution >= 4 is 56.9 Å². The predicted octanol–water partition coefficient (Wildman–Crippen LogP) is 2.98. The van der Waals surface area contributed by atoms with Crippen molar-refractivity contribution in [2.45, 2.75) is 13.8 Å². The summed E-state index contributed by atoms with van der Waals surface area (Å²) in [5.74, 6) is -1.21. The lowest BCUT2D eigenvalue weighted by molar-refractivity contribution is -0.384. The van der Waals surface area contributed by atoms with Crippen LogP contribution in [0.1, 0.15) is 38.1 Å². The molecule has 1 amide bonds. The SMILES string of the molecule is CCOC(=O)c1sc(NC(=S)NC(=O)c2cc([N+](=O)[O-])ccc2N2CCOCC2)c(C#N)c1C. The van der Waals surface area contributed by atoms with Crippen molar-refractivity contribution in [3.63, 3.8) is 0 Å². The first-order valence-corrected chi connectivity index (χ1v) is 11.4. The fraction of sp³-hybridized carbons (Fsp3) is 0.333. The molecule has 0 atom stereocenters. The molecule has 0 spiro atoms. The molecule has 1 aromatic heterocycles. The summed E-state index contributed by atoms with van der Waals surface area (Å²) in [6.07, 6.45) is 0. The van der Waals surface area contributed by atoms with Gasteiger partial charge in [-0.25, -0.2) is 4.79 Å². The minimum absolute atomic E-state index is 0.0790. The summed E-state index contributed by atoms with van der Waals surface area (Å²) in [5.41, 5.74) is 1.00. The third-order valence-electron chi connectivity index (χ3n) is 4.96. The Hall–Kier alpha value is -3.60. The lowest BCUT2D eigenvalue weighted by Crippen LogP contribution is -2.39. The summed E-state index contributed by atoms with van der Waals surface area (Å²) < 4.78 is 10.4. The Morgan fingerprint density at radius 2 is 2.09 bits per heavy atom. The van der Waals surface area contributed by atoms with Gasteiger partial charge in [0.05, 0.1) is 41.6 Å². The highest BCUT2D eigenvalue weighted by Crippen LogP contribution is 2.33. The molecule has 2 heterocycles. The number of anilines is 2. The Balaban J connectivity index is 1.83. The van der Waals surface area contributed by atoms with Crippen LogP contribution in [0.4, 0.5) is 16.4 Å². The monoisotopic (exact) mass is 503 g/mol. The number of nitriles is 1. The number of thiophene rings is 1. The largest absolute Gasteiger partial charge is 0.462 e. The molecule has 1 aliphatic heterocycles. The molecule has 0 bridgehead atoms. The van der Waals surface area contributed by atoms with Crippen molar-refractivity contribution < 1.29 is 24.0 Å². The van der Waals surface area contributed by atoms with Gasteiger partial charge in [0.25, 0.3) is 11.6 Å². The van der Waals surface area contributed by atoms with Crippen LogP contribution in [0.2, 0.25) is 0 Å². The average Bonchev–Trinajstić information content (AvgIpc) is 3.13. The van der Waals surface area contributed by atoms with E-state index in [-0.39, 0.29) is 38.4 Å². The van der Waals surface area contributed by atoms with E-state index in [1.807, 2.05) is 11.0 Å². The van der Waals surface area contributed by atoms with E-state index in [4.69, 9.17) is 21.7 Å². The van der Waals surface area contributed by atoms with Crippen LogP contribution in [0.3, 0.4) is 0 Å². The van der Waals surface area contributed by atoms with E-state index in [0.29, 0.717) is 37.6 Å². The minimum atomic E-state index is -0.653. The van der Waals surface area contributed by atoms with E-state index in [1.54, 1.807) is 13.8 Å². The van der Waals surface area contributed by atoms with E-state index in [1.165, 1.54) is 18.2 Å². The molecule has 2 N–H and O–H groups in total.